The van der Waals surface area contributed by atoms with Crippen molar-refractivity contribution < 1.29 is 202 Å². The molecule has 0 saturated heterocycles. The molecule has 0 rings (SSSR count). The Morgan fingerprint density at radius 2 is 0.400 bits per heavy atom. The van der Waals surface area contributed by atoms with Crippen LogP contribution in [0.1, 0.15) is 77.0 Å². The zero-order valence-corrected chi connectivity index (χ0v) is 39.7. The van der Waals surface area contributed by atoms with Crippen LogP contribution in [0.15, 0.2) is 0 Å². The van der Waals surface area contributed by atoms with Crippen molar-refractivity contribution in [2.24, 2.45) is 50.6 Å². The summed E-state index contributed by atoms with van der Waals surface area (Å²) in [5.41, 5.74) is 15.5. The first kappa shape index (κ1) is 79.5. The topological polar surface area (TPSA) is 698 Å². The third-order valence-electron chi connectivity index (χ3n) is 9.88. The first-order chi connectivity index (χ1) is 29.5. The second kappa shape index (κ2) is 33.1. The molecule has 0 bridgehead atoms. The van der Waals surface area contributed by atoms with E-state index < -0.39 is 200 Å². The number of carbonyl (C=O) groups excluding carboxylic acids is 12. The summed E-state index contributed by atoms with van der Waals surface area (Å²) in [6, 6.07) is -5.62. The van der Waals surface area contributed by atoms with Gasteiger partial charge in [0.15, 0.2) is 0 Å². The minimum Gasteiger partial charge on any atom is -0.550 e. The average molecular weight is 1180 g/mol. The number of hydrogen-bond acceptors (Lipinski definition) is 33. The SMILES string of the molecule is NC(CC(=O)[O-])C(CC(=O)[O-])(CC(=O)[O-])C(N)(O)CC(=O)[O-].NC(CC(=O)[O-])C(CC(=O)[O-])(CC(=O)[O-])C(N)(O)CC(=O)[O-].NC(CC(=O)[O-])C(CC(=O)[O-])(CC(=O)[O-])C(N)(O)CC(=O)[O-].[Fe+3].[Fe+3].[Fe+3].[Fe+3]. The summed E-state index contributed by atoms with van der Waals surface area (Å²) < 4.78 is 0. The number of hydrogen-bond donors (Lipinski definition) is 9. The van der Waals surface area contributed by atoms with E-state index >= 15 is 0 Å². The van der Waals surface area contributed by atoms with Crippen molar-refractivity contribution in [1.29, 1.82) is 0 Å². The molecule has 15 N–H and O–H groups in total. The molecule has 6 atom stereocenters. The molecule has 0 saturated carbocycles. The molecule has 33 nitrogen and oxygen atoms in total. The van der Waals surface area contributed by atoms with Crippen molar-refractivity contribution in [3.8, 4) is 0 Å². The van der Waals surface area contributed by atoms with Crippen LogP contribution in [0.4, 0.5) is 0 Å². The molecule has 0 fully saturated rings. The first-order valence-corrected chi connectivity index (χ1v) is 17.7. The third kappa shape index (κ3) is 26.0. The van der Waals surface area contributed by atoms with Crippen LogP contribution < -0.4 is 95.7 Å². The summed E-state index contributed by atoms with van der Waals surface area (Å²) in [4.78, 5) is 129. The molecular weight excluding hydrogens is 1140 g/mol. The molecular formula is C33H42Fe4N6O27. The number of carboxylic acid groups (broad SMARTS) is 12. The predicted molar refractivity (Wildman–Crippen MR) is 174 cm³/mol. The smallest absolute Gasteiger partial charge is 0.550 e. The van der Waals surface area contributed by atoms with Crippen LogP contribution in [0.2, 0.25) is 0 Å². The van der Waals surface area contributed by atoms with Gasteiger partial charge in [-0.3, -0.25) is 0 Å². The van der Waals surface area contributed by atoms with Crippen molar-refractivity contribution in [1.82, 2.24) is 0 Å². The maximum atomic E-state index is 10.8. The summed E-state index contributed by atoms with van der Waals surface area (Å²) in [5, 5.41) is 159. The Kier molecular flexibility index (Phi) is 37.6. The van der Waals surface area contributed by atoms with Gasteiger partial charge in [0, 0.05) is 145 Å². The van der Waals surface area contributed by atoms with Gasteiger partial charge in [0.2, 0.25) is 0 Å². The van der Waals surface area contributed by atoms with Crippen LogP contribution in [0, 0.1) is 16.2 Å². The number of carboxylic acids is 12. The Labute approximate surface area is 435 Å². The van der Waals surface area contributed by atoms with E-state index in [2.05, 4.69) is 0 Å². The third-order valence-corrected chi connectivity index (χ3v) is 9.88. The van der Waals surface area contributed by atoms with Crippen LogP contribution in [-0.2, 0) is 126 Å². The van der Waals surface area contributed by atoms with Gasteiger partial charge in [-0.1, -0.05) is 0 Å². The van der Waals surface area contributed by atoms with E-state index in [0.29, 0.717) is 0 Å². The fourth-order valence-electron chi connectivity index (χ4n) is 6.71. The van der Waals surface area contributed by atoms with Crippen LogP contribution in [0.25, 0.3) is 0 Å². The van der Waals surface area contributed by atoms with Gasteiger partial charge in [0.1, 0.15) is 17.2 Å². The van der Waals surface area contributed by atoms with Gasteiger partial charge in [-0.25, -0.2) is 0 Å². The molecule has 0 spiro atoms. The first-order valence-electron chi connectivity index (χ1n) is 17.7. The zero-order valence-electron chi connectivity index (χ0n) is 35.2. The summed E-state index contributed by atoms with van der Waals surface area (Å²) >= 11 is 0. The molecule has 0 aromatic heterocycles. The van der Waals surface area contributed by atoms with Crippen molar-refractivity contribution in [3.05, 3.63) is 0 Å². The maximum absolute atomic E-state index is 10.8. The monoisotopic (exact) mass is 1180 g/mol. The Morgan fingerprint density at radius 3 is 0.486 bits per heavy atom. The average Bonchev–Trinajstić information content (AvgIpc) is 3.03. The van der Waals surface area contributed by atoms with Gasteiger partial charge < -0.3 is 169 Å². The van der Waals surface area contributed by atoms with Gasteiger partial charge in [-0.15, -0.1) is 0 Å². The second-order valence-corrected chi connectivity index (χ2v) is 14.7. The molecule has 0 aromatic rings. The molecule has 70 heavy (non-hydrogen) atoms. The minimum absolute atomic E-state index is 0. The van der Waals surface area contributed by atoms with E-state index in [0.717, 1.165) is 0 Å². The van der Waals surface area contributed by atoms with Crippen LogP contribution in [0.3, 0.4) is 0 Å². The van der Waals surface area contributed by atoms with Gasteiger partial charge in [-0.2, -0.15) is 0 Å². The molecule has 6 unspecified atom stereocenters. The number of nitrogens with two attached hydrogens (primary N) is 6. The van der Waals surface area contributed by atoms with Gasteiger partial charge in [0.25, 0.3) is 0 Å². The minimum atomic E-state index is -3.01. The van der Waals surface area contributed by atoms with E-state index in [1.807, 2.05) is 0 Å². The van der Waals surface area contributed by atoms with Crippen molar-refractivity contribution >= 4 is 71.6 Å². The second-order valence-electron chi connectivity index (χ2n) is 14.7. The normalized spacial score (nSPS) is 14.7. The summed E-state index contributed by atoms with van der Waals surface area (Å²) in [6.45, 7) is 0. The predicted octanol–water partition coefficient (Wildman–Crippen LogP) is -22.5. The Hall–Kier alpha value is -4.64. The van der Waals surface area contributed by atoms with Crippen LogP contribution in [0.5, 0.6) is 0 Å². The summed E-state index contributed by atoms with van der Waals surface area (Å²) in [7, 11) is 0. The number of aliphatic carboxylic acids is 12. The molecule has 4 radical (unpaired) electrons. The molecule has 0 aromatic carbocycles. The van der Waals surface area contributed by atoms with Gasteiger partial charge >= 0.3 is 68.3 Å². The molecule has 0 aliphatic heterocycles. The summed E-state index contributed by atoms with van der Waals surface area (Å²) in [6.07, 6.45) is -15.4. The molecule has 37 heteroatoms. The largest absolute Gasteiger partial charge is 3.00 e. The number of rotatable bonds is 30. The standard InChI is InChI=1S/3C11H18N2O9.4Fe/c3*12-5(1-6(14)15)10(2-7(16)17,3-8(18)19)11(13,22)4-9(20)21;;;;/h3*5,22H,1-4,12-13H2,(H,14,15)(H,16,17)(H,18,19)(H,20,21);;;;/q;;;4*+3/p-12. The molecule has 0 amide bonds. The van der Waals surface area contributed by atoms with E-state index in [1.165, 1.54) is 0 Å². The van der Waals surface area contributed by atoms with Crippen molar-refractivity contribution in [2.75, 3.05) is 0 Å². The van der Waals surface area contributed by atoms with Gasteiger partial charge in [-0.05, 0) is 38.5 Å². The Bertz CT molecular complexity index is 1600. The zero-order chi connectivity index (χ0) is 53.1. The molecule has 398 valence electrons. The Morgan fingerprint density at radius 1 is 0.286 bits per heavy atom. The van der Waals surface area contributed by atoms with Crippen LogP contribution >= 0.6 is 0 Å². The van der Waals surface area contributed by atoms with Gasteiger partial charge in [0.05, 0.1) is 0 Å². The van der Waals surface area contributed by atoms with Crippen LogP contribution in [-0.4, -0.2) is 122 Å². The van der Waals surface area contributed by atoms with Crippen molar-refractivity contribution in [2.45, 2.75) is 112 Å². The summed E-state index contributed by atoms with van der Waals surface area (Å²) in [5.74, 6) is -22.8. The molecule has 0 aliphatic carbocycles. The fraction of sp³-hybridized carbons (Fsp3) is 0.636. The fourth-order valence-corrected chi connectivity index (χ4v) is 6.71. The van der Waals surface area contributed by atoms with E-state index in [9.17, 15) is 134 Å². The number of carbonyl (C=O) groups is 12. The van der Waals surface area contributed by atoms with E-state index in [1.54, 1.807) is 0 Å². The van der Waals surface area contributed by atoms with E-state index in [-0.39, 0.29) is 68.3 Å². The van der Waals surface area contributed by atoms with Crippen molar-refractivity contribution in [3.63, 3.8) is 0 Å². The molecule has 0 aliphatic rings. The Balaban J connectivity index is -0.000000165. The molecule has 0 heterocycles. The van der Waals surface area contributed by atoms with E-state index in [4.69, 9.17) is 34.4 Å². The quantitative estimate of drug-likeness (QED) is 0.0238. The maximum Gasteiger partial charge on any atom is 3.00 e. The number of aliphatic hydroxyl groups is 3.